The van der Waals surface area contributed by atoms with Crippen LogP contribution in [0.1, 0.15) is 154 Å². The van der Waals surface area contributed by atoms with Gasteiger partial charge < -0.3 is 59.8 Å². The molecule has 6 N–H and O–H groups in total. The molecule has 0 aliphatic carbocycles. The van der Waals surface area contributed by atoms with Gasteiger partial charge in [0.15, 0.2) is 0 Å². The van der Waals surface area contributed by atoms with E-state index in [9.17, 15) is 28.8 Å². The average Bonchev–Trinajstić information content (AvgIpc) is 2.59. The number of hydrogen-bond donors (Lipinski definition) is 6. The van der Waals surface area contributed by atoms with Gasteiger partial charge >= 0.3 is 6.09 Å². The fourth-order valence-electron chi connectivity index (χ4n) is 10.7. The minimum atomic E-state index is -0.977. The van der Waals surface area contributed by atoms with Gasteiger partial charge in [0, 0.05) is 107 Å². The number of aliphatic hydroxyl groups is 1. The Morgan fingerprint density at radius 1 is 0.833 bits per heavy atom. The Kier molecular flexibility index (Phi) is 21.8. The number of ether oxygens (including phenoxy) is 4. The van der Waals surface area contributed by atoms with E-state index in [1.165, 1.54) is 29.7 Å². The summed E-state index contributed by atoms with van der Waals surface area (Å²) in [6.45, 7) is 22.8. The summed E-state index contributed by atoms with van der Waals surface area (Å²) in [5, 5.41) is 16.8. The molecule has 7 rings (SSSR count). The summed E-state index contributed by atoms with van der Waals surface area (Å²) in [7, 11) is 3.35. The molecule has 8 bridgehead atoms. The molecule has 5 aliphatic rings. The molecule has 0 aromatic carbocycles. The molecule has 456 valence electrons. The molecule has 5 aliphatic heterocycles. The molecule has 23 heteroatoms. The number of aryl methyl sites for hydroxylation is 1. The van der Waals surface area contributed by atoms with Gasteiger partial charge in [-0.1, -0.05) is 13.8 Å². The van der Waals surface area contributed by atoms with Crippen LogP contribution in [0.2, 0.25) is 0 Å². The van der Waals surface area contributed by atoms with Crippen LogP contribution in [0, 0.1) is 6.92 Å². The number of alkyl carbamates (subject to hydrolysis) is 1. The first-order valence-corrected chi connectivity index (χ1v) is 29.1. The highest BCUT2D eigenvalue weighted by atomic mass is 16.6. The van der Waals surface area contributed by atoms with Gasteiger partial charge in [0.1, 0.15) is 17.7 Å². The lowest BCUT2D eigenvalue weighted by atomic mass is 9.84. The molecule has 0 saturated carbocycles. The molecule has 7 heterocycles. The Bertz CT molecular complexity index is 3150. The van der Waals surface area contributed by atoms with Crippen molar-refractivity contribution >= 4 is 74.9 Å². The topological polar surface area (TPSA) is 283 Å². The van der Waals surface area contributed by atoms with Gasteiger partial charge in [-0.3, -0.25) is 38.6 Å². The Hall–Kier alpha value is -7.31. The summed E-state index contributed by atoms with van der Waals surface area (Å²) in [5.41, 5.74) is 8.97. The van der Waals surface area contributed by atoms with E-state index in [-0.39, 0.29) is 57.0 Å². The first-order chi connectivity index (χ1) is 39.9. The zero-order valence-electron chi connectivity index (χ0n) is 50.8. The van der Waals surface area contributed by atoms with E-state index in [1.54, 1.807) is 45.8 Å². The van der Waals surface area contributed by atoms with Crippen LogP contribution in [0.3, 0.4) is 0 Å². The van der Waals surface area contributed by atoms with E-state index >= 15 is 4.79 Å². The predicted molar refractivity (Wildman–Crippen MR) is 318 cm³/mol. The number of likely N-dealkylation sites (N-methyl/N-ethyl adjacent to an activating group) is 2. The molecule has 0 unspecified atom stereocenters. The highest BCUT2D eigenvalue weighted by Gasteiger charge is 2.41. The number of allylic oxidation sites excluding steroid dienone is 5. The number of nitrogens with one attached hydrogen (secondary N) is 5. The number of aromatic amines is 2. The van der Waals surface area contributed by atoms with Crippen molar-refractivity contribution < 1.29 is 57.6 Å². The third-order valence-electron chi connectivity index (χ3n) is 15.8. The number of carbonyl (C=O) groups excluding carboxylic acids is 7. The van der Waals surface area contributed by atoms with Crippen LogP contribution in [-0.4, -0.2) is 210 Å². The summed E-state index contributed by atoms with van der Waals surface area (Å²) >= 11 is 0. The van der Waals surface area contributed by atoms with Gasteiger partial charge in [-0.2, -0.15) is 0 Å². The Labute approximate surface area is 491 Å². The summed E-state index contributed by atoms with van der Waals surface area (Å²) in [4.78, 5) is 120. The van der Waals surface area contributed by atoms with Crippen LogP contribution in [0.25, 0.3) is 33.3 Å². The summed E-state index contributed by atoms with van der Waals surface area (Å²) in [5.74, 6) is -3.15. The molecule has 1 saturated heterocycles. The van der Waals surface area contributed by atoms with Crippen molar-refractivity contribution in [3.8, 4) is 0 Å². The maximum absolute atomic E-state index is 15.4. The zero-order valence-corrected chi connectivity index (χ0v) is 50.8. The van der Waals surface area contributed by atoms with Crippen molar-refractivity contribution in [2.75, 3.05) is 106 Å². The van der Waals surface area contributed by atoms with Crippen molar-refractivity contribution in [2.45, 2.75) is 118 Å². The molecule has 2 aromatic heterocycles. The largest absolute Gasteiger partial charge is 0.444 e. The van der Waals surface area contributed by atoms with Crippen molar-refractivity contribution in [2.24, 2.45) is 0 Å². The van der Waals surface area contributed by atoms with Gasteiger partial charge in [-0.05, 0) is 115 Å². The number of aliphatic hydroxyl groups excluding tert-OH is 1. The second-order valence-corrected chi connectivity index (χ2v) is 22.9. The molecule has 23 nitrogen and oxygen atoms in total. The van der Waals surface area contributed by atoms with Crippen LogP contribution in [-0.2, 0) is 38.1 Å². The Morgan fingerprint density at radius 3 is 2.19 bits per heavy atom. The third-order valence-corrected chi connectivity index (χ3v) is 15.8. The number of carbonyl (C=O) groups is 7. The average molecular weight is 1160 g/mol. The molecular formula is C61H85N11O12. The van der Waals surface area contributed by atoms with Crippen LogP contribution < -0.4 is 16.0 Å². The van der Waals surface area contributed by atoms with E-state index in [1.807, 2.05) is 45.9 Å². The normalized spacial score (nSPS) is 17.6. The molecule has 4 atom stereocenters. The number of aromatic nitrogens is 4. The summed E-state index contributed by atoms with van der Waals surface area (Å²) in [6, 6.07) is 3.90. The molecule has 1 fully saturated rings. The molecule has 2 aromatic rings. The highest BCUT2D eigenvalue weighted by molar-refractivity contribution is 6.23. The molecule has 7 amide bonds. The standard InChI is InChI=1S/C61H85N11O12/c1-13-41-35(2)45-33-49-42(14-16-51(75)70(12)22-26-82-30-31-83-29-25-73)36(3)44(66-49)32-46-37(4)43(15-17-50(74)69(11)19-18-62-56(76)39(6)63-57(77)40(7)64-60(80)84-61(8,9)10)54(67-46)53-55-52(38(5)47(68-55)34-48(41)65-45)58(78)72(59(53)79)21-20-71-23-27-81-28-24-71/h14,16,32-34,37,39-40,43,67-68,73H,13,15,17-31H2,1-12H3,(H,62,76)(H,63,77)(H,64,80)/b16-14+,46-32?,48-34?,49-33?,54-53?/t37-,39-,40-,43-/m0/s1. The van der Waals surface area contributed by atoms with Crippen molar-refractivity contribution in [1.82, 2.24) is 55.5 Å². The quantitative estimate of drug-likeness (QED) is 0.0445. The number of morpholine rings is 1. The molecular weight excluding hydrogens is 1080 g/mol. The predicted octanol–water partition coefficient (Wildman–Crippen LogP) is 5.25. The lowest BCUT2D eigenvalue weighted by Crippen LogP contribution is -2.52. The van der Waals surface area contributed by atoms with Gasteiger partial charge in [0.25, 0.3) is 11.8 Å². The van der Waals surface area contributed by atoms with Crippen molar-refractivity contribution in [1.29, 1.82) is 0 Å². The zero-order chi connectivity index (χ0) is 61.2. The first-order valence-electron chi connectivity index (χ1n) is 29.1. The Balaban J connectivity index is 1.22. The van der Waals surface area contributed by atoms with E-state index in [0.717, 1.165) is 22.4 Å². The maximum atomic E-state index is 15.4. The van der Waals surface area contributed by atoms with Crippen LogP contribution in [0.4, 0.5) is 4.79 Å². The van der Waals surface area contributed by atoms with Gasteiger partial charge in [0.05, 0.1) is 85.7 Å². The number of hydrogen-bond acceptors (Lipinski definition) is 15. The molecule has 0 radical (unpaired) electrons. The monoisotopic (exact) mass is 1160 g/mol. The van der Waals surface area contributed by atoms with Crippen molar-refractivity contribution in [3.63, 3.8) is 0 Å². The second-order valence-electron chi connectivity index (χ2n) is 22.9. The second kappa shape index (κ2) is 28.5. The van der Waals surface area contributed by atoms with Gasteiger partial charge in [-0.25, -0.2) is 14.8 Å². The summed E-state index contributed by atoms with van der Waals surface area (Å²) in [6.07, 6.45) is 3.53. The van der Waals surface area contributed by atoms with Gasteiger partial charge in [0.2, 0.25) is 23.6 Å². The van der Waals surface area contributed by atoms with Crippen LogP contribution >= 0.6 is 0 Å². The smallest absolute Gasteiger partial charge is 0.408 e. The number of nitrogens with zero attached hydrogens (tertiary/aromatic N) is 6. The number of H-pyrrole nitrogens is 2. The number of amides is 7. The number of rotatable bonds is 24. The lowest BCUT2D eigenvalue weighted by molar-refractivity contribution is -0.131. The van der Waals surface area contributed by atoms with E-state index in [4.69, 9.17) is 34.0 Å². The summed E-state index contributed by atoms with van der Waals surface area (Å²) < 4.78 is 21.7. The minimum absolute atomic E-state index is 0.0585. The molecule has 84 heavy (non-hydrogen) atoms. The Morgan fingerprint density at radius 2 is 1.50 bits per heavy atom. The fraction of sp³-hybridized carbons (Fsp3) is 0.557. The van der Waals surface area contributed by atoms with Crippen LogP contribution in [0.5, 0.6) is 0 Å². The fourth-order valence-corrected chi connectivity index (χ4v) is 10.7. The van der Waals surface area contributed by atoms with Crippen molar-refractivity contribution in [3.05, 3.63) is 81.2 Å². The lowest BCUT2D eigenvalue weighted by Gasteiger charge is -2.31. The molecule has 0 spiro atoms. The van der Waals surface area contributed by atoms with Gasteiger partial charge in [-0.15, -0.1) is 0 Å². The van der Waals surface area contributed by atoms with E-state index < -0.39 is 53.3 Å². The number of imide groups is 1. The highest BCUT2D eigenvalue weighted by Crippen LogP contribution is 2.45. The SMILES string of the molecule is CCC1=C(C)c2cc3nc(cc4[nH]c(c5c6[nH]c(cc1n2)c(C)c6C(=O)N(CCN1CCOCC1)C5=O)[C@@H](CCC(=O)N(C)CCNC(=O)[C@H](C)NC(=O)[C@H](C)NC(=O)OC(C)(C)C)[C@@H]4C)C(C)=C3/C=C/C(=O)N(C)CCOCCOCCO. The maximum Gasteiger partial charge on any atom is 0.408 e. The first kappa shape index (κ1) is 64.3. The van der Waals surface area contributed by atoms with E-state index in [2.05, 4.69) is 37.7 Å². The number of fused-ring (bicyclic) bond motifs is 8. The third kappa shape index (κ3) is 15.5. The van der Waals surface area contributed by atoms with E-state index in [0.29, 0.717) is 134 Å². The van der Waals surface area contributed by atoms with Crippen LogP contribution in [0.15, 0.2) is 30.4 Å². The minimum Gasteiger partial charge on any atom is -0.444 e.